The first-order valence-corrected chi connectivity index (χ1v) is 5.94. The Bertz CT molecular complexity index is 538. The largest absolute Gasteiger partial charge is 0.455 e. The van der Waals surface area contributed by atoms with Gasteiger partial charge < -0.3 is 15.6 Å². The van der Waals surface area contributed by atoms with Crippen molar-refractivity contribution in [2.24, 2.45) is 0 Å². The zero-order valence-corrected chi connectivity index (χ0v) is 10.4. The second kappa shape index (κ2) is 5.56. The number of anilines is 1. The van der Waals surface area contributed by atoms with Crippen LogP contribution in [-0.2, 0) is 6.42 Å². The summed E-state index contributed by atoms with van der Waals surface area (Å²) in [5.41, 5.74) is 8.60. The third-order valence-electron chi connectivity index (χ3n) is 2.86. The molecule has 0 heterocycles. The zero-order valence-electron chi connectivity index (χ0n) is 10.4. The van der Waals surface area contributed by atoms with Crippen LogP contribution in [0.15, 0.2) is 42.5 Å². The Kier molecular flexibility index (Phi) is 3.85. The molecule has 18 heavy (non-hydrogen) atoms. The number of nitrogens with two attached hydrogens (primary N) is 1. The van der Waals surface area contributed by atoms with E-state index in [1.165, 1.54) is 0 Å². The number of aliphatic hydroxyl groups is 1. The Morgan fingerprint density at radius 3 is 2.56 bits per heavy atom. The number of aryl methyl sites for hydroxylation is 1. The number of benzene rings is 2. The number of hydrogen-bond donors (Lipinski definition) is 2. The van der Waals surface area contributed by atoms with Crippen LogP contribution in [0.25, 0.3) is 0 Å². The van der Waals surface area contributed by atoms with Gasteiger partial charge in [0.2, 0.25) is 0 Å². The van der Waals surface area contributed by atoms with Crippen molar-refractivity contribution < 1.29 is 9.84 Å². The molecule has 0 amide bonds. The van der Waals surface area contributed by atoms with E-state index in [4.69, 9.17) is 15.6 Å². The van der Waals surface area contributed by atoms with Crippen LogP contribution < -0.4 is 10.5 Å². The van der Waals surface area contributed by atoms with Crippen molar-refractivity contribution in [2.75, 3.05) is 12.3 Å². The van der Waals surface area contributed by atoms with E-state index in [0.717, 1.165) is 16.9 Å². The Hall–Kier alpha value is -2.00. The van der Waals surface area contributed by atoms with Gasteiger partial charge in [-0.2, -0.15) is 0 Å². The van der Waals surface area contributed by atoms with Crippen molar-refractivity contribution in [3.8, 4) is 11.5 Å². The zero-order chi connectivity index (χ0) is 13.0. The molecular formula is C15H17NO2. The summed E-state index contributed by atoms with van der Waals surface area (Å²) in [7, 11) is 0. The number of hydrogen-bond acceptors (Lipinski definition) is 3. The minimum absolute atomic E-state index is 0.101. The molecular weight excluding hydrogens is 226 g/mol. The maximum Gasteiger partial charge on any atom is 0.150 e. The van der Waals surface area contributed by atoms with E-state index < -0.39 is 0 Å². The molecule has 0 unspecified atom stereocenters. The molecule has 0 aliphatic heterocycles. The second-order valence-corrected chi connectivity index (χ2v) is 4.17. The molecule has 2 rings (SSSR count). The lowest BCUT2D eigenvalue weighted by molar-refractivity contribution is 0.298. The van der Waals surface area contributed by atoms with E-state index in [-0.39, 0.29) is 6.61 Å². The van der Waals surface area contributed by atoms with Gasteiger partial charge in [-0.25, -0.2) is 0 Å². The Labute approximate surface area is 107 Å². The Morgan fingerprint density at radius 2 is 1.78 bits per heavy atom. The first-order chi connectivity index (χ1) is 8.72. The first kappa shape index (κ1) is 12.5. The molecule has 0 spiro atoms. The van der Waals surface area contributed by atoms with Gasteiger partial charge in [-0.15, -0.1) is 0 Å². The van der Waals surface area contributed by atoms with Gasteiger partial charge in [0.05, 0.1) is 5.69 Å². The van der Waals surface area contributed by atoms with Crippen molar-refractivity contribution in [1.82, 2.24) is 0 Å². The Morgan fingerprint density at radius 1 is 1.06 bits per heavy atom. The highest BCUT2D eigenvalue weighted by molar-refractivity contribution is 5.59. The van der Waals surface area contributed by atoms with Crippen LogP contribution in [0.2, 0.25) is 0 Å². The van der Waals surface area contributed by atoms with Gasteiger partial charge in [-0.05, 0) is 36.6 Å². The summed E-state index contributed by atoms with van der Waals surface area (Å²) in [4.78, 5) is 0. The maximum absolute atomic E-state index is 9.03. The molecule has 0 bridgehead atoms. The summed E-state index contributed by atoms with van der Waals surface area (Å²) in [6.45, 7) is 2.05. The summed E-state index contributed by atoms with van der Waals surface area (Å²) in [6, 6.07) is 13.4. The van der Waals surface area contributed by atoms with E-state index in [9.17, 15) is 0 Å². The monoisotopic (exact) mass is 243 g/mol. The molecule has 3 heteroatoms. The highest BCUT2D eigenvalue weighted by Gasteiger charge is 2.07. The Balaban J connectivity index is 2.31. The molecule has 2 aromatic rings. The lowest BCUT2D eigenvalue weighted by atomic mass is 10.1. The normalized spacial score (nSPS) is 10.3. The van der Waals surface area contributed by atoms with E-state index in [0.29, 0.717) is 17.9 Å². The highest BCUT2D eigenvalue weighted by atomic mass is 16.5. The molecule has 0 atom stereocenters. The quantitative estimate of drug-likeness (QED) is 0.812. The first-order valence-electron chi connectivity index (χ1n) is 5.94. The molecule has 0 radical (unpaired) electrons. The lowest BCUT2D eigenvalue weighted by Gasteiger charge is -2.13. The van der Waals surface area contributed by atoms with E-state index in [1.54, 1.807) is 0 Å². The predicted molar refractivity (Wildman–Crippen MR) is 72.9 cm³/mol. The average Bonchev–Trinajstić information content (AvgIpc) is 2.37. The number of ether oxygens (including phenoxy) is 1. The van der Waals surface area contributed by atoms with Crippen molar-refractivity contribution in [1.29, 1.82) is 0 Å². The summed E-state index contributed by atoms with van der Waals surface area (Å²) >= 11 is 0. The standard InChI is InChI=1S/C15H17NO2/c1-11-5-4-8-14(15(11)16)18-13-7-3-2-6-12(13)9-10-17/h2-8,17H,9-10,16H2,1H3. The van der Waals surface area contributed by atoms with Crippen LogP contribution >= 0.6 is 0 Å². The summed E-state index contributed by atoms with van der Waals surface area (Å²) < 4.78 is 5.84. The van der Waals surface area contributed by atoms with Crippen LogP contribution in [0.1, 0.15) is 11.1 Å². The number of rotatable bonds is 4. The van der Waals surface area contributed by atoms with Gasteiger partial charge in [0, 0.05) is 6.61 Å². The number of para-hydroxylation sites is 2. The van der Waals surface area contributed by atoms with Crippen LogP contribution in [0.4, 0.5) is 5.69 Å². The van der Waals surface area contributed by atoms with Crippen molar-refractivity contribution in [2.45, 2.75) is 13.3 Å². The fourth-order valence-corrected chi connectivity index (χ4v) is 1.79. The van der Waals surface area contributed by atoms with E-state index >= 15 is 0 Å². The molecule has 0 aliphatic carbocycles. The van der Waals surface area contributed by atoms with Gasteiger partial charge in [-0.1, -0.05) is 30.3 Å². The SMILES string of the molecule is Cc1cccc(Oc2ccccc2CCO)c1N. The molecule has 3 N–H and O–H groups in total. The van der Waals surface area contributed by atoms with Crippen LogP contribution in [0.3, 0.4) is 0 Å². The van der Waals surface area contributed by atoms with E-state index in [2.05, 4.69) is 0 Å². The van der Waals surface area contributed by atoms with Crippen molar-refractivity contribution in [3.05, 3.63) is 53.6 Å². The van der Waals surface area contributed by atoms with Gasteiger partial charge in [0.25, 0.3) is 0 Å². The minimum atomic E-state index is 0.101. The highest BCUT2D eigenvalue weighted by Crippen LogP contribution is 2.31. The molecule has 0 fully saturated rings. The molecule has 0 saturated heterocycles. The second-order valence-electron chi connectivity index (χ2n) is 4.17. The smallest absolute Gasteiger partial charge is 0.150 e. The topological polar surface area (TPSA) is 55.5 Å². The molecule has 0 aliphatic rings. The lowest BCUT2D eigenvalue weighted by Crippen LogP contribution is -1.98. The fraction of sp³-hybridized carbons (Fsp3) is 0.200. The fourth-order valence-electron chi connectivity index (χ4n) is 1.79. The summed E-state index contributed by atoms with van der Waals surface area (Å²) in [5, 5.41) is 9.03. The minimum Gasteiger partial charge on any atom is -0.455 e. The molecule has 2 aromatic carbocycles. The van der Waals surface area contributed by atoms with Crippen molar-refractivity contribution >= 4 is 5.69 Å². The maximum atomic E-state index is 9.03. The van der Waals surface area contributed by atoms with Crippen LogP contribution in [-0.4, -0.2) is 11.7 Å². The molecule has 0 aromatic heterocycles. The van der Waals surface area contributed by atoms with Gasteiger partial charge in [-0.3, -0.25) is 0 Å². The summed E-state index contributed by atoms with van der Waals surface area (Å²) in [5.74, 6) is 1.39. The van der Waals surface area contributed by atoms with Crippen LogP contribution in [0, 0.1) is 6.92 Å². The third-order valence-corrected chi connectivity index (χ3v) is 2.86. The molecule has 3 nitrogen and oxygen atoms in total. The van der Waals surface area contributed by atoms with Crippen molar-refractivity contribution in [3.63, 3.8) is 0 Å². The predicted octanol–water partition coefficient (Wildman–Crippen LogP) is 2.90. The third kappa shape index (κ3) is 2.63. The van der Waals surface area contributed by atoms with Crippen LogP contribution in [0.5, 0.6) is 11.5 Å². The van der Waals surface area contributed by atoms with E-state index in [1.807, 2.05) is 49.4 Å². The number of aliphatic hydroxyl groups excluding tert-OH is 1. The van der Waals surface area contributed by atoms with Gasteiger partial charge >= 0.3 is 0 Å². The number of nitrogen functional groups attached to an aromatic ring is 1. The van der Waals surface area contributed by atoms with Gasteiger partial charge in [0.1, 0.15) is 5.75 Å². The summed E-state index contributed by atoms with van der Waals surface area (Å²) in [6.07, 6.45) is 0.571. The molecule has 0 saturated carbocycles. The molecule has 94 valence electrons. The van der Waals surface area contributed by atoms with Gasteiger partial charge in [0.15, 0.2) is 5.75 Å². The average molecular weight is 243 g/mol.